The van der Waals surface area contributed by atoms with E-state index in [0.717, 1.165) is 55.9 Å². The van der Waals surface area contributed by atoms with E-state index in [2.05, 4.69) is 28.5 Å². The fraction of sp³-hybridized carbons (Fsp3) is 0.640. The zero-order valence-electron chi connectivity index (χ0n) is 18.8. The zero-order valence-corrected chi connectivity index (χ0v) is 18.8. The van der Waals surface area contributed by atoms with Crippen LogP contribution in [0.25, 0.3) is 0 Å². The third kappa shape index (κ3) is 6.39. The van der Waals surface area contributed by atoms with Crippen molar-refractivity contribution in [3.63, 3.8) is 0 Å². The molecule has 0 amide bonds. The SMILES string of the molecule is CN(Cc1cn([C@@H]2CCCC[C@H]2OC(=O)Cc2ccccc2)nn1)CC1CCCCC1. The molecule has 0 unspecified atom stereocenters. The Labute approximate surface area is 186 Å². The van der Waals surface area contributed by atoms with Crippen LogP contribution >= 0.6 is 0 Å². The van der Waals surface area contributed by atoms with Crippen LogP contribution in [0.4, 0.5) is 0 Å². The molecule has 4 rings (SSSR count). The van der Waals surface area contributed by atoms with Crippen molar-refractivity contribution in [3.8, 4) is 0 Å². The Morgan fingerprint density at radius 1 is 1.06 bits per heavy atom. The molecule has 168 valence electrons. The Hall–Kier alpha value is -2.21. The number of carbonyl (C=O) groups excluding carboxylic acids is 1. The van der Waals surface area contributed by atoms with Crippen molar-refractivity contribution in [2.75, 3.05) is 13.6 Å². The predicted octanol–water partition coefficient (Wildman–Crippen LogP) is 4.56. The fourth-order valence-electron chi connectivity index (χ4n) is 5.19. The summed E-state index contributed by atoms with van der Waals surface area (Å²) in [5.74, 6) is 0.663. The molecule has 2 aliphatic carbocycles. The van der Waals surface area contributed by atoms with Gasteiger partial charge in [0, 0.05) is 13.1 Å². The summed E-state index contributed by atoms with van der Waals surface area (Å²) in [6.07, 6.45) is 13.2. The van der Waals surface area contributed by atoms with E-state index < -0.39 is 0 Å². The predicted molar refractivity (Wildman–Crippen MR) is 120 cm³/mol. The molecule has 2 saturated carbocycles. The topological polar surface area (TPSA) is 60.2 Å². The second-order valence-corrected chi connectivity index (χ2v) is 9.43. The van der Waals surface area contributed by atoms with Crippen LogP contribution in [0, 0.1) is 5.92 Å². The van der Waals surface area contributed by atoms with Crippen LogP contribution in [-0.4, -0.2) is 45.6 Å². The van der Waals surface area contributed by atoms with E-state index in [1.807, 2.05) is 35.0 Å². The number of hydrogen-bond donors (Lipinski definition) is 0. The quantitative estimate of drug-likeness (QED) is 0.582. The highest BCUT2D eigenvalue weighted by Crippen LogP contribution is 2.31. The Morgan fingerprint density at radius 2 is 1.81 bits per heavy atom. The van der Waals surface area contributed by atoms with Crippen molar-refractivity contribution in [1.82, 2.24) is 19.9 Å². The maximum absolute atomic E-state index is 12.5. The molecular formula is C25H36N4O2. The lowest BCUT2D eigenvalue weighted by Gasteiger charge is -2.31. The van der Waals surface area contributed by atoms with Gasteiger partial charge in [-0.25, -0.2) is 4.68 Å². The minimum Gasteiger partial charge on any atom is -0.460 e. The van der Waals surface area contributed by atoms with Gasteiger partial charge in [0.15, 0.2) is 0 Å². The number of rotatable bonds is 8. The van der Waals surface area contributed by atoms with Crippen molar-refractivity contribution in [2.24, 2.45) is 5.92 Å². The summed E-state index contributed by atoms with van der Waals surface area (Å²) in [7, 11) is 2.18. The van der Waals surface area contributed by atoms with Gasteiger partial charge in [0.25, 0.3) is 0 Å². The van der Waals surface area contributed by atoms with Gasteiger partial charge in [-0.15, -0.1) is 5.10 Å². The molecule has 0 aliphatic heterocycles. The second kappa shape index (κ2) is 10.9. The van der Waals surface area contributed by atoms with E-state index >= 15 is 0 Å². The number of hydrogen-bond acceptors (Lipinski definition) is 5. The van der Waals surface area contributed by atoms with E-state index in [9.17, 15) is 4.79 Å². The molecule has 2 aromatic rings. The van der Waals surface area contributed by atoms with E-state index in [4.69, 9.17) is 4.74 Å². The average molecular weight is 425 g/mol. The molecule has 0 bridgehead atoms. The Bertz CT molecular complexity index is 816. The molecule has 2 fully saturated rings. The van der Waals surface area contributed by atoms with Crippen molar-refractivity contribution in [1.29, 1.82) is 0 Å². The van der Waals surface area contributed by atoms with Crippen molar-refractivity contribution in [2.45, 2.75) is 82.9 Å². The third-order valence-electron chi connectivity index (χ3n) is 6.77. The summed E-state index contributed by atoms with van der Waals surface area (Å²) in [6, 6.07) is 9.88. The lowest BCUT2D eigenvalue weighted by atomic mass is 9.89. The molecule has 0 saturated heterocycles. The van der Waals surface area contributed by atoms with E-state index in [1.54, 1.807) is 0 Å². The van der Waals surface area contributed by atoms with Gasteiger partial charge < -0.3 is 9.64 Å². The maximum atomic E-state index is 12.5. The smallest absolute Gasteiger partial charge is 0.310 e. The molecule has 2 aliphatic rings. The average Bonchev–Trinajstić information content (AvgIpc) is 3.23. The molecule has 1 heterocycles. The van der Waals surface area contributed by atoms with Crippen molar-refractivity contribution < 1.29 is 9.53 Å². The molecule has 1 aromatic carbocycles. The molecular weight excluding hydrogens is 388 g/mol. The van der Waals surface area contributed by atoms with Crippen LogP contribution in [0.1, 0.15) is 75.1 Å². The van der Waals surface area contributed by atoms with Crippen LogP contribution in [-0.2, 0) is 22.5 Å². The Balaban J connectivity index is 1.32. The third-order valence-corrected chi connectivity index (χ3v) is 6.77. The van der Waals surface area contributed by atoms with Gasteiger partial charge in [0.2, 0.25) is 0 Å². The molecule has 6 heteroatoms. The van der Waals surface area contributed by atoms with E-state index in [-0.39, 0.29) is 18.1 Å². The van der Waals surface area contributed by atoms with Crippen molar-refractivity contribution in [3.05, 3.63) is 47.8 Å². The first-order valence-corrected chi connectivity index (χ1v) is 12.0. The minimum absolute atomic E-state index is 0.0818. The summed E-state index contributed by atoms with van der Waals surface area (Å²) in [5.41, 5.74) is 1.99. The van der Waals surface area contributed by atoms with Gasteiger partial charge in [-0.05, 0) is 50.6 Å². The summed E-state index contributed by atoms with van der Waals surface area (Å²) in [6.45, 7) is 1.96. The fourth-order valence-corrected chi connectivity index (χ4v) is 5.19. The lowest BCUT2D eigenvalue weighted by molar-refractivity contribution is -0.152. The van der Waals surface area contributed by atoms with Gasteiger partial charge in [-0.2, -0.15) is 0 Å². The van der Waals surface area contributed by atoms with Crippen LogP contribution in [0.5, 0.6) is 0 Å². The standard InChI is InChI=1S/C25H36N4O2/c1-28(17-21-12-6-3-7-13-21)18-22-19-29(27-26-22)23-14-8-9-15-24(23)31-25(30)16-20-10-4-2-5-11-20/h2,4-5,10-11,19,21,23-24H,3,6-9,12-18H2,1H3/t23-,24-/m1/s1. The minimum atomic E-state index is -0.157. The number of aromatic nitrogens is 3. The maximum Gasteiger partial charge on any atom is 0.310 e. The van der Waals surface area contributed by atoms with Gasteiger partial charge in [0.05, 0.1) is 24.4 Å². The molecule has 6 nitrogen and oxygen atoms in total. The number of benzene rings is 1. The molecule has 0 spiro atoms. The number of esters is 1. The Morgan fingerprint density at radius 3 is 2.61 bits per heavy atom. The zero-order chi connectivity index (χ0) is 21.5. The van der Waals surface area contributed by atoms with Gasteiger partial charge in [-0.3, -0.25) is 4.79 Å². The summed E-state index contributed by atoms with van der Waals surface area (Å²) < 4.78 is 7.86. The lowest BCUT2D eigenvalue weighted by Crippen LogP contribution is -2.33. The monoisotopic (exact) mass is 424 g/mol. The molecule has 2 atom stereocenters. The van der Waals surface area contributed by atoms with Crippen molar-refractivity contribution >= 4 is 5.97 Å². The first-order valence-electron chi connectivity index (χ1n) is 12.0. The highest BCUT2D eigenvalue weighted by Gasteiger charge is 2.31. The number of carbonyl (C=O) groups is 1. The van der Waals surface area contributed by atoms with Gasteiger partial charge >= 0.3 is 5.97 Å². The van der Waals surface area contributed by atoms with Gasteiger partial charge in [0.1, 0.15) is 6.10 Å². The molecule has 31 heavy (non-hydrogen) atoms. The van der Waals surface area contributed by atoms with Gasteiger partial charge in [-0.1, -0.05) is 61.2 Å². The number of ether oxygens (including phenoxy) is 1. The van der Waals surface area contributed by atoms with Crippen LogP contribution in [0.15, 0.2) is 36.5 Å². The first kappa shape index (κ1) is 22.0. The largest absolute Gasteiger partial charge is 0.460 e. The number of nitrogens with zero attached hydrogens (tertiary/aromatic N) is 4. The van der Waals surface area contributed by atoms with Crippen LogP contribution in [0.2, 0.25) is 0 Å². The Kier molecular flexibility index (Phi) is 7.73. The summed E-state index contributed by atoms with van der Waals surface area (Å²) in [5, 5.41) is 8.87. The normalized spacial score (nSPS) is 22.5. The highest BCUT2D eigenvalue weighted by atomic mass is 16.5. The first-order chi connectivity index (χ1) is 15.2. The van der Waals surface area contributed by atoms with E-state index in [0.29, 0.717) is 6.42 Å². The summed E-state index contributed by atoms with van der Waals surface area (Å²) >= 11 is 0. The molecule has 0 radical (unpaired) electrons. The second-order valence-electron chi connectivity index (χ2n) is 9.43. The summed E-state index contributed by atoms with van der Waals surface area (Å²) in [4.78, 5) is 14.9. The van der Waals surface area contributed by atoms with Crippen LogP contribution in [0.3, 0.4) is 0 Å². The molecule has 0 N–H and O–H groups in total. The van der Waals surface area contributed by atoms with Crippen LogP contribution < -0.4 is 0 Å². The van der Waals surface area contributed by atoms with E-state index in [1.165, 1.54) is 32.1 Å². The molecule has 1 aromatic heterocycles. The highest BCUT2D eigenvalue weighted by molar-refractivity contribution is 5.72.